The Bertz CT molecular complexity index is 441. The molecule has 110 valence electrons. The second kappa shape index (κ2) is 7.00. The number of benzene rings is 1. The van der Waals surface area contributed by atoms with Crippen molar-refractivity contribution in [2.24, 2.45) is 5.92 Å². The summed E-state index contributed by atoms with van der Waals surface area (Å²) in [5, 5.41) is 9.00. The molecule has 1 aromatic rings. The van der Waals surface area contributed by atoms with Crippen LogP contribution in [-0.2, 0) is 6.42 Å². The highest BCUT2D eigenvalue weighted by molar-refractivity contribution is 5.99. The molecule has 0 radical (unpaired) electrons. The van der Waals surface area contributed by atoms with Gasteiger partial charge in [-0.3, -0.25) is 9.69 Å². The van der Waals surface area contributed by atoms with Gasteiger partial charge in [0.2, 0.25) is 0 Å². The molecule has 0 aliphatic carbocycles. The molecule has 3 nitrogen and oxygen atoms in total. The minimum absolute atomic E-state index is 0.0637. The lowest BCUT2D eigenvalue weighted by Gasteiger charge is -2.23. The summed E-state index contributed by atoms with van der Waals surface area (Å²) in [6.45, 7) is 6.26. The first-order valence-electron chi connectivity index (χ1n) is 7.63. The third-order valence-electron chi connectivity index (χ3n) is 4.43. The van der Waals surface area contributed by atoms with Gasteiger partial charge in [0.05, 0.1) is 6.04 Å². The predicted octanol–water partition coefficient (Wildman–Crippen LogP) is 2.52. The number of aliphatic hydroxyl groups is 1. The molecule has 1 heterocycles. The number of likely N-dealkylation sites (tertiary alicyclic amines) is 1. The Morgan fingerprint density at radius 2 is 2.10 bits per heavy atom. The predicted molar refractivity (Wildman–Crippen MR) is 81.0 cm³/mol. The monoisotopic (exact) mass is 275 g/mol. The number of carbonyl (C=O) groups excluding carboxylic acids is 1. The van der Waals surface area contributed by atoms with Crippen LogP contribution in [0.3, 0.4) is 0 Å². The summed E-state index contributed by atoms with van der Waals surface area (Å²) in [5.74, 6) is 0.745. The van der Waals surface area contributed by atoms with Crippen molar-refractivity contribution in [1.29, 1.82) is 0 Å². The molecule has 2 unspecified atom stereocenters. The second-order valence-electron chi connectivity index (χ2n) is 5.75. The van der Waals surface area contributed by atoms with Crippen molar-refractivity contribution in [2.45, 2.75) is 39.2 Å². The van der Waals surface area contributed by atoms with E-state index in [4.69, 9.17) is 5.11 Å². The highest BCUT2D eigenvalue weighted by Gasteiger charge is 2.29. The summed E-state index contributed by atoms with van der Waals surface area (Å²) >= 11 is 0. The number of rotatable bonds is 6. The number of aryl methyl sites for hydroxylation is 1. The van der Waals surface area contributed by atoms with E-state index in [-0.39, 0.29) is 18.4 Å². The van der Waals surface area contributed by atoms with Crippen molar-refractivity contribution in [2.75, 3.05) is 19.7 Å². The van der Waals surface area contributed by atoms with Crippen LogP contribution in [0.1, 0.15) is 42.6 Å². The lowest BCUT2D eigenvalue weighted by Crippen LogP contribution is -2.37. The average Bonchev–Trinajstić information content (AvgIpc) is 2.95. The summed E-state index contributed by atoms with van der Waals surface area (Å²) in [6.07, 6.45) is 2.94. The van der Waals surface area contributed by atoms with E-state index < -0.39 is 0 Å². The Hall–Kier alpha value is -1.19. The quantitative estimate of drug-likeness (QED) is 0.811. The van der Waals surface area contributed by atoms with Crippen molar-refractivity contribution in [3.05, 3.63) is 35.4 Å². The molecule has 1 N–H and O–H groups in total. The topological polar surface area (TPSA) is 40.5 Å². The second-order valence-corrected chi connectivity index (χ2v) is 5.75. The zero-order valence-electron chi connectivity index (χ0n) is 12.5. The molecule has 1 fully saturated rings. The van der Waals surface area contributed by atoms with Crippen molar-refractivity contribution < 1.29 is 9.90 Å². The molecule has 0 aromatic heterocycles. The van der Waals surface area contributed by atoms with Gasteiger partial charge in [-0.05, 0) is 44.2 Å². The van der Waals surface area contributed by atoms with Crippen LogP contribution < -0.4 is 0 Å². The van der Waals surface area contributed by atoms with Gasteiger partial charge in [0.15, 0.2) is 5.78 Å². The Morgan fingerprint density at radius 3 is 2.70 bits per heavy atom. The van der Waals surface area contributed by atoms with Crippen molar-refractivity contribution in [3.8, 4) is 0 Å². The summed E-state index contributed by atoms with van der Waals surface area (Å²) < 4.78 is 0. The van der Waals surface area contributed by atoms with E-state index in [9.17, 15) is 4.79 Å². The third kappa shape index (κ3) is 3.47. The van der Waals surface area contributed by atoms with Crippen LogP contribution in [0.5, 0.6) is 0 Å². The normalized spacial score (nSPS) is 21.1. The van der Waals surface area contributed by atoms with Crippen LogP contribution in [0, 0.1) is 5.92 Å². The molecule has 1 aromatic carbocycles. The minimum atomic E-state index is -0.0637. The molecule has 0 bridgehead atoms. The Labute approximate surface area is 121 Å². The summed E-state index contributed by atoms with van der Waals surface area (Å²) in [7, 11) is 0. The Balaban J connectivity index is 1.97. The molecular weight excluding hydrogens is 250 g/mol. The molecule has 0 spiro atoms. The van der Waals surface area contributed by atoms with Crippen LogP contribution in [0.25, 0.3) is 0 Å². The molecule has 20 heavy (non-hydrogen) atoms. The van der Waals surface area contributed by atoms with Crippen LogP contribution >= 0.6 is 0 Å². The number of Topliss-reactive ketones (excluding diaryl/α,β-unsaturated/α-hetero) is 1. The SMILES string of the molecule is CCc1ccc(C(=O)C(C)N2CCC(CCO)C2)cc1. The van der Waals surface area contributed by atoms with E-state index in [0.29, 0.717) is 5.92 Å². The maximum absolute atomic E-state index is 12.5. The van der Waals surface area contributed by atoms with Gasteiger partial charge >= 0.3 is 0 Å². The van der Waals surface area contributed by atoms with Gasteiger partial charge in [0.25, 0.3) is 0 Å². The summed E-state index contributed by atoms with van der Waals surface area (Å²) in [5.41, 5.74) is 2.07. The van der Waals surface area contributed by atoms with Crippen LogP contribution in [-0.4, -0.2) is 41.5 Å². The molecule has 1 aliphatic rings. The van der Waals surface area contributed by atoms with Crippen LogP contribution in [0.2, 0.25) is 0 Å². The maximum Gasteiger partial charge on any atom is 0.179 e. The number of ketones is 1. The zero-order valence-corrected chi connectivity index (χ0v) is 12.5. The molecule has 0 amide bonds. The van der Waals surface area contributed by atoms with Crippen molar-refractivity contribution in [3.63, 3.8) is 0 Å². The fraction of sp³-hybridized carbons (Fsp3) is 0.588. The van der Waals surface area contributed by atoms with E-state index >= 15 is 0 Å². The van der Waals surface area contributed by atoms with E-state index in [1.165, 1.54) is 5.56 Å². The van der Waals surface area contributed by atoms with E-state index in [2.05, 4.69) is 11.8 Å². The molecule has 1 aliphatic heterocycles. The molecule has 1 saturated heterocycles. The number of carbonyl (C=O) groups is 1. The highest BCUT2D eigenvalue weighted by atomic mass is 16.3. The van der Waals surface area contributed by atoms with Crippen LogP contribution in [0.4, 0.5) is 0 Å². The van der Waals surface area contributed by atoms with E-state index in [1.54, 1.807) is 0 Å². The number of hydrogen-bond acceptors (Lipinski definition) is 3. The Kier molecular flexibility index (Phi) is 5.32. The molecule has 2 rings (SSSR count). The highest BCUT2D eigenvalue weighted by Crippen LogP contribution is 2.22. The van der Waals surface area contributed by atoms with Gasteiger partial charge in [-0.2, -0.15) is 0 Å². The van der Waals surface area contributed by atoms with E-state index in [1.807, 2.05) is 31.2 Å². The number of nitrogens with zero attached hydrogens (tertiary/aromatic N) is 1. The summed E-state index contributed by atoms with van der Waals surface area (Å²) in [6, 6.07) is 7.90. The van der Waals surface area contributed by atoms with Gasteiger partial charge in [-0.25, -0.2) is 0 Å². The zero-order chi connectivity index (χ0) is 14.5. The minimum Gasteiger partial charge on any atom is -0.396 e. The fourth-order valence-electron chi connectivity index (χ4n) is 2.94. The van der Waals surface area contributed by atoms with Gasteiger partial charge in [0, 0.05) is 18.7 Å². The van der Waals surface area contributed by atoms with E-state index in [0.717, 1.165) is 37.9 Å². The van der Waals surface area contributed by atoms with Crippen LogP contribution in [0.15, 0.2) is 24.3 Å². The van der Waals surface area contributed by atoms with Gasteiger partial charge < -0.3 is 5.11 Å². The van der Waals surface area contributed by atoms with Gasteiger partial charge in [-0.15, -0.1) is 0 Å². The van der Waals surface area contributed by atoms with Crippen molar-refractivity contribution >= 4 is 5.78 Å². The van der Waals surface area contributed by atoms with Crippen molar-refractivity contribution in [1.82, 2.24) is 4.90 Å². The largest absolute Gasteiger partial charge is 0.396 e. The molecule has 3 heteroatoms. The molecule has 2 atom stereocenters. The van der Waals surface area contributed by atoms with Gasteiger partial charge in [-0.1, -0.05) is 31.2 Å². The first-order valence-corrected chi connectivity index (χ1v) is 7.63. The standard InChI is InChI=1S/C17H25NO2/c1-3-14-4-6-16(7-5-14)17(20)13(2)18-10-8-15(12-18)9-11-19/h4-7,13,15,19H,3,8-12H2,1-2H3. The third-order valence-corrected chi connectivity index (χ3v) is 4.43. The Morgan fingerprint density at radius 1 is 1.40 bits per heavy atom. The average molecular weight is 275 g/mol. The lowest BCUT2D eigenvalue weighted by atomic mass is 10.0. The summed E-state index contributed by atoms with van der Waals surface area (Å²) in [4.78, 5) is 14.8. The first kappa shape index (κ1) is 15.2. The molecule has 0 saturated carbocycles. The fourth-order valence-corrected chi connectivity index (χ4v) is 2.94. The molecular formula is C17H25NO2. The van der Waals surface area contributed by atoms with Gasteiger partial charge in [0.1, 0.15) is 0 Å². The smallest absolute Gasteiger partial charge is 0.179 e. The number of aliphatic hydroxyl groups excluding tert-OH is 1. The number of hydrogen-bond donors (Lipinski definition) is 1. The lowest BCUT2D eigenvalue weighted by molar-refractivity contribution is 0.0861. The first-order chi connectivity index (χ1) is 9.65. The maximum atomic E-state index is 12.5.